The molecule has 0 fully saturated rings. The number of aliphatic carboxylic acids is 1. The van der Waals surface area contributed by atoms with Crippen LogP contribution in [0.3, 0.4) is 0 Å². The van der Waals surface area contributed by atoms with E-state index in [2.05, 4.69) is 54.4 Å². The number of hydrogen-bond donors (Lipinski definition) is 11. The number of aryl methyl sites for hydroxylation is 1. The summed E-state index contributed by atoms with van der Waals surface area (Å²) in [7, 11) is 0. The minimum Gasteiger partial charge on any atom is -0.481 e. The minimum atomic E-state index is -2.09. The Balaban J connectivity index is 0.737. The van der Waals surface area contributed by atoms with Gasteiger partial charge in [-0.3, -0.25) is 38.4 Å². The van der Waals surface area contributed by atoms with Gasteiger partial charge in [-0.15, -0.1) is 5.92 Å². The van der Waals surface area contributed by atoms with Crippen molar-refractivity contribution < 1.29 is 100 Å². The predicted molar refractivity (Wildman–Crippen MR) is 373 cm³/mol. The van der Waals surface area contributed by atoms with Gasteiger partial charge in [0, 0.05) is 60.6 Å². The van der Waals surface area contributed by atoms with Crippen LogP contribution < -0.4 is 53.8 Å². The van der Waals surface area contributed by atoms with Gasteiger partial charge < -0.3 is 101 Å². The van der Waals surface area contributed by atoms with Crippen LogP contribution >= 0.6 is 0 Å². The van der Waals surface area contributed by atoms with Crippen LogP contribution in [0.15, 0.2) is 41.2 Å². The van der Waals surface area contributed by atoms with Gasteiger partial charge in [-0.05, 0) is 111 Å². The first-order valence-electron chi connectivity index (χ1n) is 35.3. The van der Waals surface area contributed by atoms with E-state index >= 15 is 4.39 Å². The lowest BCUT2D eigenvalue weighted by molar-refractivity contribution is -0.172. The van der Waals surface area contributed by atoms with Crippen LogP contribution in [0.2, 0.25) is 0 Å². The molecule has 32 nitrogen and oxygen atoms in total. The molecule has 0 saturated carbocycles. The molecule has 2 aromatic carbocycles. The van der Waals surface area contributed by atoms with Gasteiger partial charge in [-0.25, -0.2) is 23.8 Å². The molecule has 2 aliphatic carbocycles. The van der Waals surface area contributed by atoms with Gasteiger partial charge in [0.15, 0.2) is 5.60 Å². The molecule has 0 bridgehead atoms. The van der Waals surface area contributed by atoms with Crippen molar-refractivity contribution in [2.75, 3.05) is 91.2 Å². The summed E-state index contributed by atoms with van der Waals surface area (Å²) in [6.07, 6.45) is 3.50. The van der Waals surface area contributed by atoms with E-state index in [9.17, 15) is 63.0 Å². The van der Waals surface area contributed by atoms with Crippen molar-refractivity contribution in [1.29, 1.82) is 0 Å². The Morgan fingerprint density at radius 2 is 1.49 bits per heavy atom. The second-order valence-electron chi connectivity index (χ2n) is 25.9. The van der Waals surface area contributed by atoms with E-state index in [0.29, 0.717) is 97.0 Å². The second kappa shape index (κ2) is 40.0. The number of carboxylic acids is 1. The molecule has 12 N–H and O–H groups in total. The van der Waals surface area contributed by atoms with Gasteiger partial charge in [-0.2, -0.15) is 0 Å². The zero-order chi connectivity index (χ0) is 75.6. The maximum absolute atomic E-state index is 15.5. The number of carboxylic acid groups (broad SMARTS) is 1. The van der Waals surface area contributed by atoms with Crippen molar-refractivity contribution in [2.24, 2.45) is 11.7 Å². The average molecular weight is 1470 g/mol. The minimum absolute atomic E-state index is 0.0111. The number of halogens is 1. The number of alkyl carbamates (subject to hydrolysis) is 1. The molecule has 4 heterocycles. The van der Waals surface area contributed by atoms with E-state index in [-0.39, 0.29) is 119 Å². The molecule has 8 rings (SSSR count). The first-order chi connectivity index (χ1) is 50.4. The maximum atomic E-state index is 15.5. The third-order valence-electron chi connectivity index (χ3n) is 18.1. The number of carbonyl (C=O) groups is 10. The first-order valence-corrected chi connectivity index (χ1v) is 35.3. The lowest BCUT2D eigenvalue weighted by Gasteiger charge is -2.31. The number of amides is 9. The number of aromatic nitrogens is 2. The fourth-order valence-corrected chi connectivity index (χ4v) is 12.5. The molecule has 2 aromatic heterocycles. The van der Waals surface area contributed by atoms with E-state index < -0.39 is 120 Å². The molecule has 4 aromatic rings. The highest BCUT2D eigenvalue weighted by Crippen LogP contribution is 2.46. The number of fused-ring (bicyclic) bond motifs is 5. The van der Waals surface area contributed by atoms with E-state index in [0.717, 1.165) is 32.1 Å². The summed E-state index contributed by atoms with van der Waals surface area (Å²) >= 11 is 0. The van der Waals surface area contributed by atoms with Crippen LogP contribution in [0.1, 0.15) is 143 Å². The zero-order valence-corrected chi connectivity index (χ0v) is 59.4. The van der Waals surface area contributed by atoms with Crippen LogP contribution in [-0.2, 0) is 108 Å². The molecule has 33 heteroatoms. The van der Waals surface area contributed by atoms with E-state index in [4.69, 9.17) is 48.6 Å². The topological polar surface area (TPSA) is 442 Å². The summed E-state index contributed by atoms with van der Waals surface area (Å²) in [6, 6.07) is 3.74. The number of carbonyl (C=O) groups excluding carboxylic acids is 9. The number of rotatable bonds is 41. The molecule has 6 atom stereocenters. The van der Waals surface area contributed by atoms with Crippen molar-refractivity contribution in [3.8, 4) is 23.2 Å². The smallest absolute Gasteiger partial charge is 0.408 e. The monoisotopic (exact) mass is 1470 g/mol. The number of nitrogens with one attached hydrogen (secondary N) is 8. The Morgan fingerprint density at radius 1 is 0.771 bits per heavy atom. The number of anilines is 1. The van der Waals surface area contributed by atoms with Crippen LogP contribution in [-0.4, -0.2) is 189 Å². The largest absolute Gasteiger partial charge is 0.481 e. The highest BCUT2D eigenvalue weighted by atomic mass is 19.1. The van der Waals surface area contributed by atoms with Crippen LogP contribution in [0.5, 0.6) is 0 Å². The Hall–Kier alpha value is -9.69. The molecule has 0 radical (unpaired) electrons. The fraction of sp³-hybridized carbons (Fsp3) is 0.556. The number of ether oxygens (including phenoxy) is 8. The van der Waals surface area contributed by atoms with Gasteiger partial charge in [0.1, 0.15) is 63.2 Å². The quantitative estimate of drug-likeness (QED) is 0.0116. The fourth-order valence-electron chi connectivity index (χ4n) is 12.5. The average Bonchev–Trinajstić information content (AvgIpc) is 1.60. The molecule has 2 aliphatic heterocycles. The number of aliphatic hydroxyl groups is 1. The summed E-state index contributed by atoms with van der Waals surface area (Å²) in [6.45, 7) is 7.28. The summed E-state index contributed by atoms with van der Waals surface area (Å²) in [4.78, 5) is 148. The van der Waals surface area contributed by atoms with Crippen LogP contribution in [0.4, 0.5) is 19.7 Å². The number of nitrogens with zero attached hydrogens (tertiary/aromatic N) is 2. The number of esters is 1. The van der Waals surface area contributed by atoms with Gasteiger partial charge in [0.05, 0.1) is 87.9 Å². The number of urea groups is 1. The molecule has 0 spiro atoms. The first kappa shape index (κ1) is 81.0. The number of nitrogens with two attached hydrogens (primary N) is 1. The lowest BCUT2D eigenvalue weighted by atomic mass is 9.81. The summed E-state index contributed by atoms with van der Waals surface area (Å²) in [5.41, 5.74) is 6.71. The summed E-state index contributed by atoms with van der Waals surface area (Å²) < 4.78 is 60.8. The molecule has 9 amide bonds. The molecule has 1 unspecified atom stereocenters. The lowest BCUT2D eigenvalue weighted by Crippen LogP contribution is -2.54. The van der Waals surface area contributed by atoms with E-state index in [1.54, 1.807) is 33.8 Å². The van der Waals surface area contributed by atoms with E-state index in [1.807, 2.05) is 0 Å². The van der Waals surface area contributed by atoms with Crippen molar-refractivity contribution in [1.82, 2.24) is 46.8 Å². The Kier molecular flexibility index (Phi) is 30.8. The number of benzene rings is 2. The zero-order valence-electron chi connectivity index (χ0n) is 59.4. The highest BCUT2D eigenvalue weighted by Gasteiger charge is 2.46. The normalized spacial score (nSPS) is 17.1. The predicted octanol–water partition coefficient (Wildman–Crippen LogP) is 2.82. The molecular formula is C72H94FN11O21. The Bertz CT molecular complexity index is 3920. The Labute approximate surface area is 605 Å². The summed E-state index contributed by atoms with van der Waals surface area (Å²) in [5, 5.41) is 42.6. The van der Waals surface area contributed by atoms with Crippen molar-refractivity contribution in [3.05, 3.63) is 91.5 Å². The highest BCUT2D eigenvalue weighted by molar-refractivity contribution is 5.99. The van der Waals surface area contributed by atoms with Gasteiger partial charge in [-0.1, -0.05) is 45.2 Å². The van der Waals surface area contributed by atoms with Gasteiger partial charge in [0.2, 0.25) is 35.4 Å². The number of hydrogen-bond acceptors (Lipinski definition) is 21. The second-order valence-corrected chi connectivity index (χ2v) is 25.9. The number of primary amides is 1. The summed E-state index contributed by atoms with van der Waals surface area (Å²) in [5.74, 6) is -0.364. The third-order valence-corrected chi connectivity index (χ3v) is 18.1. The molecular weight excluding hydrogens is 1370 g/mol. The molecule has 0 saturated heterocycles. The molecule has 570 valence electrons. The van der Waals surface area contributed by atoms with Gasteiger partial charge >= 0.3 is 24.1 Å². The molecule has 4 aliphatic rings. The van der Waals surface area contributed by atoms with Crippen molar-refractivity contribution in [3.63, 3.8) is 0 Å². The molecule has 105 heavy (non-hydrogen) atoms. The number of cyclic esters (lactones) is 1. The van der Waals surface area contributed by atoms with Gasteiger partial charge in [0.25, 0.3) is 5.56 Å². The third kappa shape index (κ3) is 23.2. The standard InChI is InChI=1S/C72H94FN11O21/c1-5-72(97)50-34-56-64-48(36-84(56)68(93)49(50)38-104-69(72)94)62-52(20-19-47-43(4)51(73)35-55(80-64)61(47)62)79-59(87)39-102-41-77-65(90)54(21-22-60(88)89)82-71(96)105-37-44-15-17-45(18-16-44)78-66(91)53(14-11-24-76-70(74)95)81-67(92)63(42(2)3)83-57(85)23-26-98-28-30-100-32-33-101-31-29-99-27-25-75-58(86)40-103-46-12-9-7-6-8-10-13-46/h15-18,34-35,42,46,52-54,63,97H,5-9,11-12,14,19-33,36-41H2,1-4H3,(H,75,86)(H,77,90)(H,78,91)(H,79,87)(H,81,92)(H,82,96)(H,83,85)(H,88,89)(H3,74,76,95)/t46?,52-,53-,54-,63-,72-/m0/s1. The van der Waals surface area contributed by atoms with Crippen molar-refractivity contribution in [2.45, 2.75) is 167 Å². The number of pyridine rings is 2. The maximum Gasteiger partial charge on any atom is 0.408 e. The SMILES string of the molecule is CC[C@@]1(O)C(=O)OCc2c1cc1n(c2=O)Cc2c-1nc1cc(F)c(C)c3c1c2[C@@H](NC(=O)COCNC(=O)[C@H](CCC(=O)O)NC(=O)OCc1ccc(NC(=O)[C@H](CCCNC(N)=O)NC(=O)[C@@H](NC(=O)CCOCCOCCOCCOCCNC(=O)COC2C#CCCCCC2)C(C)C)cc1)CC3. The van der Waals surface area contributed by atoms with Crippen LogP contribution in [0, 0.1) is 30.5 Å². The van der Waals surface area contributed by atoms with Crippen LogP contribution in [0.25, 0.3) is 22.3 Å². The van der Waals surface area contributed by atoms with Crippen molar-refractivity contribution >= 4 is 76.1 Å². The van der Waals surface area contributed by atoms with E-state index in [1.165, 1.54) is 34.9 Å². The Morgan fingerprint density at radius 3 is 2.19 bits per heavy atom.